The molecule has 4 nitrogen and oxygen atoms in total. The topological polar surface area (TPSA) is 57.8 Å². The van der Waals surface area contributed by atoms with Gasteiger partial charge >= 0.3 is 0 Å². The summed E-state index contributed by atoms with van der Waals surface area (Å²) in [4.78, 5) is 19.8. The smallest absolute Gasteiger partial charge is 0.252 e. The molecule has 102 valence electrons. The summed E-state index contributed by atoms with van der Waals surface area (Å²) >= 11 is 3.77. The van der Waals surface area contributed by atoms with Crippen LogP contribution in [0, 0.1) is 2.88 Å². The molecule has 6 heteroatoms. The second-order valence-corrected chi connectivity index (χ2v) is 7.28. The van der Waals surface area contributed by atoms with Crippen molar-refractivity contribution in [3.8, 4) is 0 Å². The van der Waals surface area contributed by atoms with Crippen molar-refractivity contribution >= 4 is 50.9 Å². The number of carbonyl (C=O) groups excluding carboxylic acids is 1. The fourth-order valence-corrected chi connectivity index (χ4v) is 3.28. The van der Waals surface area contributed by atoms with E-state index in [1.807, 2.05) is 42.6 Å². The molecule has 1 amide bonds. The van der Waals surface area contributed by atoms with Crippen LogP contribution in [0.2, 0.25) is 0 Å². The molecule has 2 N–H and O–H groups in total. The van der Waals surface area contributed by atoms with E-state index in [4.69, 9.17) is 0 Å². The second-order valence-electron chi connectivity index (χ2n) is 4.47. The summed E-state index contributed by atoms with van der Waals surface area (Å²) in [7, 11) is 0. The Morgan fingerprint density at radius 2 is 2.25 bits per heavy atom. The van der Waals surface area contributed by atoms with Crippen molar-refractivity contribution in [2.45, 2.75) is 13.0 Å². The number of aromatic amines is 1. The summed E-state index contributed by atoms with van der Waals surface area (Å²) in [6.07, 6.45) is 0. The zero-order valence-electron chi connectivity index (χ0n) is 10.7. The van der Waals surface area contributed by atoms with Crippen LogP contribution in [0.5, 0.6) is 0 Å². The summed E-state index contributed by atoms with van der Waals surface area (Å²) in [5.74, 6) is 0.696. The number of thiophene rings is 1. The van der Waals surface area contributed by atoms with E-state index in [1.165, 1.54) is 0 Å². The Morgan fingerprint density at radius 3 is 2.95 bits per heavy atom. The van der Waals surface area contributed by atoms with Gasteiger partial charge in [0.15, 0.2) is 0 Å². The van der Waals surface area contributed by atoms with Gasteiger partial charge in [0.2, 0.25) is 0 Å². The molecule has 1 atom stereocenters. The first kappa shape index (κ1) is 13.6. The fraction of sp³-hybridized carbons (Fsp3) is 0.143. The van der Waals surface area contributed by atoms with Crippen molar-refractivity contribution in [1.82, 2.24) is 15.3 Å². The fourth-order valence-electron chi connectivity index (χ4n) is 1.96. The van der Waals surface area contributed by atoms with Gasteiger partial charge in [0.1, 0.15) is 5.82 Å². The van der Waals surface area contributed by atoms with Crippen LogP contribution >= 0.6 is 33.9 Å². The molecule has 0 saturated carbocycles. The number of para-hydroxylation sites is 2. The Hall–Kier alpha value is -1.41. The first-order valence-electron chi connectivity index (χ1n) is 6.13. The van der Waals surface area contributed by atoms with Crippen LogP contribution in [-0.2, 0) is 0 Å². The number of H-pyrrole nitrogens is 1. The molecule has 0 bridgehead atoms. The molecule has 0 aliphatic carbocycles. The first-order valence-corrected chi connectivity index (χ1v) is 8.09. The largest absolute Gasteiger partial charge is 0.342 e. The van der Waals surface area contributed by atoms with E-state index in [0.717, 1.165) is 19.7 Å². The average Bonchev–Trinajstić information content (AvgIpc) is 3.04. The zero-order chi connectivity index (χ0) is 14.1. The Labute approximate surface area is 133 Å². The lowest BCUT2D eigenvalue weighted by atomic mass is 10.2. The van der Waals surface area contributed by atoms with Gasteiger partial charge in [-0.05, 0) is 47.7 Å². The lowest BCUT2D eigenvalue weighted by Crippen LogP contribution is -2.26. The van der Waals surface area contributed by atoms with Crippen molar-refractivity contribution in [3.63, 3.8) is 0 Å². The normalized spacial score (nSPS) is 12.5. The summed E-state index contributed by atoms with van der Waals surface area (Å²) < 4.78 is 1.10. The van der Waals surface area contributed by atoms with Crippen LogP contribution in [0.3, 0.4) is 0 Å². The minimum atomic E-state index is -0.160. The Kier molecular flexibility index (Phi) is 3.75. The Morgan fingerprint density at radius 1 is 1.45 bits per heavy atom. The molecule has 0 saturated heterocycles. The average molecular weight is 397 g/mol. The number of fused-ring (bicyclic) bond motifs is 1. The highest BCUT2D eigenvalue weighted by atomic mass is 127. The predicted octanol–water partition coefficient (Wildman–Crippen LogP) is 3.72. The van der Waals surface area contributed by atoms with Gasteiger partial charge in [-0.1, -0.05) is 12.1 Å². The van der Waals surface area contributed by atoms with Crippen molar-refractivity contribution in [3.05, 3.63) is 50.0 Å². The number of halogens is 1. The number of carbonyl (C=O) groups is 1. The number of nitrogens with one attached hydrogen (secondary N) is 2. The van der Waals surface area contributed by atoms with E-state index >= 15 is 0 Å². The van der Waals surface area contributed by atoms with Gasteiger partial charge in [-0.2, -0.15) is 0 Å². The van der Waals surface area contributed by atoms with Gasteiger partial charge in [-0.3, -0.25) is 4.79 Å². The minimum Gasteiger partial charge on any atom is -0.342 e. The molecule has 2 heterocycles. The van der Waals surface area contributed by atoms with Crippen LogP contribution in [0.1, 0.15) is 29.1 Å². The number of aromatic nitrogens is 2. The lowest BCUT2D eigenvalue weighted by Gasteiger charge is -2.10. The van der Waals surface area contributed by atoms with E-state index in [2.05, 4.69) is 37.9 Å². The maximum Gasteiger partial charge on any atom is 0.252 e. The first-order chi connectivity index (χ1) is 9.63. The van der Waals surface area contributed by atoms with Crippen LogP contribution < -0.4 is 5.32 Å². The van der Waals surface area contributed by atoms with E-state index < -0.39 is 0 Å². The van der Waals surface area contributed by atoms with Crippen molar-refractivity contribution in [1.29, 1.82) is 0 Å². The lowest BCUT2D eigenvalue weighted by molar-refractivity contribution is 0.0939. The number of imidazole rings is 1. The molecule has 2 aromatic heterocycles. The molecular weight excluding hydrogens is 385 g/mol. The van der Waals surface area contributed by atoms with Crippen molar-refractivity contribution < 1.29 is 4.79 Å². The van der Waals surface area contributed by atoms with E-state index in [0.29, 0.717) is 5.56 Å². The van der Waals surface area contributed by atoms with Crippen LogP contribution in [-0.4, -0.2) is 15.9 Å². The third kappa shape index (κ3) is 2.71. The predicted molar refractivity (Wildman–Crippen MR) is 89.0 cm³/mol. The highest BCUT2D eigenvalue weighted by Crippen LogP contribution is 2.19. The molecule has 3 aromatic rings. The van der Waals surface area contributed by atoms with E-state index in [1.54, 1.807) is 11.3 Å². The van der Waals surface area contributed by atoms with E-state index in [9.17, 15) is 4.79 Å². The molecule has 0 fully saturated rings. The number of benzene rings is 1. The summed E-state index contributed by atoms with van der Waals surface area (Å²) in [6, 6.07) is 9.55. The summed E-state index contributed by atoms with van der Waals surface area (Å²) in [6.45, 7) is 1.92. The third-order valence-corrected chi connectivity index (χ3v) is 4.78. The molecule has 0 aliphatic rings. The monoisotopic (exact) mass is 397 g/mol. The zero-order valence-corrected chi connectivity index (χ0v) is 13.7. The molecule has 1 unspecified atom stereocenters. The summed E-state index contributed by atoms with van der Waals surface area (Å²) in [5.41, 5.74) is 2.59. The maximum atomic E-state index is 12.1. The molecule has 0 radical (unpaired) electrons. The quantitative estimate of drug-likeness (QED) is 0.662. The number of hydrogen-bond donors (Lipinski definition) is 2. The van der Waals surface area contributed by atoms with Gasteiger partial charge < -0.3 is 10.3 Å². The van der Waals surface area contributed by atoms with Gasteiger partial charge in [0, 0.05) is 5.38 Å². The van der Waals surface area contributed by atoms with Crippen molar-refractivity contribution in [2.75, 3.05) is 0 Å². The van der Waals surface area contributed by atoms with Gasteiger partial charge in [0.05, 0.1) is 25.5 Å². The maximum absolute atomic E-state index is 12.1. The second kappa shape index (κ2) is 5.53. The summed E-state index contributed by atoms with van der Waals surface area (Å²) in [5, 5.41) is 4.82. The highest BCUT2D eigenvalue weighted by Gasteiger charge is 2.15. The number of nitrogens with zero attached hydrogens (tertiary/aromatic N) is 1. The molecule has 1 aromatic carbocycles. The molecule has 3 rings (SSSR count). The van der Waals surface area contributed by atoms with Gasteiger partial charge in [-0.25, -0.2) is 4.98 Å². The van der Waals surface area contributed by atoms with Gasteiger partial charge in [0.25, 0.3) is 5.91 Å². The number of rotatable bonds is 3. The van der Waals surface area contributed by atoms with Crippen LogP contribution in [0.15, 0.2) is 35.7 Å². The standard InChI is InChI=1S/C14H12IN3OS/c1-8(16-14(19)9-6-12(15)20-7-9)13-17-10-4-2-3-5-11(10)18-13/h2-8H,1H3,(H,16,19)(H,17,18). The Balaban J connectivity index is 1.78. The minimum absolute atomic E-state index is 0.0721. The van der Waals surface area contributed by atoms with Crippen molar-refractivity contribution in [2.24, 2.45) is 0 Å². The Bertz CT molecular complexity index is 731. The van der Waals surface area contributed by atoms with E-state index in [-0.39, 0.29) is 11.9 Å². The highest BCUT2D eigenvalue weighted by molar-refractivity contribution is 14.1. The van der Waals surface area contributed by atoms with Gasteiger partial charge in [-0.15, -0.1) is 11.3 Å². The van der Waals surface area contributed by atoms with Crippen LogP contribution in [0.4, 0.5) is 0 Å². The molecule has 0 spiro atoms. The molecular formula is C14H12IN3OS. The third-order valence-electron chi connectivity index (χ3n) is 3.00. The molecule has 20 heavy (non-hydrogen) atoms. The SMILES string of the molecule is CC(NC(=O)c1csc(I)c1)c1nc2ccccc2[nH]1. The number of amides is 1. The van der Waals surface area contributed by atoms with Crippen LogP contribution in [0.25, 0.3) is 11.0 Å². The number of hydrogen-bond acceptors (Lipinski definition) is 3. The molecule has 0 aliphatic heterocycles.